The fourth-order valence-corrected chi connectivity index (χ4v) is 3.78. The van der Waals surface area contributed by atoms with Crippen molar-refractivity contribution in [3.05, 3.63) is 42.1 Å². The molecular formula is C12H19N2Si+. The summed E-state index contributed by atoms with van der Waals surface area (Å²) in [5.41, 5.74) is 0. The molecule has 0 aromatic carbocycles. The minimum atomic E-state index is -1.19. The summed E-state index contributed by atoms with van der Waals surface area (Å²) in [6.07, 6.45) is 13.2. The van der Waals surface area contributed by atoms with Crippen LogP contribution >= 0.6 is 0 Å². The van der Waals surface area contributed by atoms with E-state index in [1.165, 1.54) is 0 Å². The Labute approximate surface area is 92.6 Å². The van der Waals surface area contributed by atoms with Crippen LogP contribution in [0.2, 0.25) is 19.6 Å². The van der Waals surface area contributed by atoms with Gasteiger partial charge in [0.2, 0.25) is 6.33 Å². The van der Waals surface area contributed by atoms with E-state index in [0.29, 0.717) is 6.04 Å². The van der Waals surface area contributed by atoms with Gasteiger partial charge in [0.25, 0.3) is 0 Å². The third-order valence-corrected chi connectivity index (χ3v) is 5.06. The number of hydrogen-bond acceptors (Lipinski definition) is 0. The van der Waals surface area contributed by atoms with E-state index in [-0.39, 0.29) is 0 Å². The van der Waals surface area contributed by atoms with Gasteiger partial charge in [0.1, 0.15) is 18.4 Å². The van der Waals surface area contributed by atoms with E-state index in [1.54, 1.807) is 5.20 Å². The topological polar surface area (TPSA) is 8.81 Å². The van der Waals surface area contributed by atoms with E-state index in [9.17, 15) is 0 Å². The van der Waals surface area contributed by atoms with Gasteiger partial charge < -0.3 is 0 Å². The molecule has 80 valence electrons. The molecule has 0 amide bonds. The minimum Gasteiger partial charge on any atom is -0.240 e. The van der Waals surface area contributed by atoms with Crippen molar-refractivity contribution in [3.8, 4) is 0 Å². The van der Waals surface area contributed by atoms with E-state index in [1.807, 2.05) is 0 Å². The average Bonchev–Trinajstić information content (AvgIpc) is 2.68. The Morgan fingerprint density at radius 2 is 2.07 bits per heavy atom. The number of imidazole rings is 1. The van der Waals surface area contributed by atoms with Gasteiger partial charge in [-0.2, -0.15) is 0 Å². The number of aryl methyl sites for hydroxylation is 1. The van der Waals surface area contributed by atoms with Crippen molar-refractivity contribution in [2.24, 2.45) is 7.05 Å². The monoisotopic (exact) mass is 219 g/mol. The third-order valence-electron chi connectivity index (χ3n) is 2.86. The molecule has 1 atom stereocenters. The van der Waals surface area contributed by atoms with Gasteiger partial charge in [-0.05, 0) is 11.3 Å². The van der Waals surface area contributed by atoms with Gasteiger partial charge in [0.05, 0.1) is 15.1 Å². The zero-order valence-corrected chi connectivity index (χ0v) is 10.9. The lowest BCUT2D eigenvalue weighted by atomic mass is 10.3. The molecule has 1 aliphatic rings. The van der Waals surface area contributed by atoms with E-state index in [0.717, 1.165) is 0 Å². The summed E-state index contributed by atoms with van der Waals surface area (Å²) in [6, 6.07) is 0.456. The predicted molar refractivity (Wildman–Crippen MR) is 65.2 cm³/mol. The van der Waals surface area contributed by atoms with Crippen molar-refractivity contribution < 1.29 is 4.57 Å². The highest BCUT2D eigenvalue weighted by atomic mass is 28.3. The van der Waals surface area contributed by atoms with Gasteiger partial charge in [-0.1, -0.05) is 31.8 Å². The first-order chi connectivity index (χ1) is 6.98. The fourth-order valence-electron chi connectivity index (χ4n) is 2.05. The largest absolute Gasteiger partial charge is 0.244 e. The van der Waals surface area contributed by atoms with E-state index < -0.39 is 8.07 Å². The summed E-state index contributed by atoms with van der Waals surface area (Å²) in [4.78, 5) is 0. The molecule has 2 nitrogen and oxygen atoms in total. The Morgan fingerprint density at radius 3 is 2.60 bits per heavy atom. The molecule has 1 aromatic rings. The maximum atomic E-state index is 2.41. The van der Waals surface area contributed by atoms with Crippen molar-refractivity contribution in [2.45, 2.75) is 25.7 Å². The first kappa shape index (κ1) is 10.4. The molecule has 1 unspecified atom stereocenters. The second kappa shape index (κ2) is 3.49. The van der Waals surface area contributed by atoms with E-state index in [4.69, 9.17) is 0 Å². The Morgan fingerprint density at radius 1 is 1.33 bits per heavy atom. The van der Waals surface area contributed by atoms with Crippen LogP contribution in [0.3, 0.4) is 0 Å². The summed E-state index contributed by atoms with van der Waals surface area (Å²) in [6.45, 7) is 7.22. The van der Waals surface area contributed by atoms with Gasteiger partial charge in [-0.15, -0.1) is 0 Å². The van der Waals surface area contributed by atoms with Gasteiger partial charge in [-0.3, -0.25) is 0 Å². The maximum absolute atomic E-state index is 2.41. The molecule has 0 saturated carbocycles. The molecule has 15 heavy (non-hydrogen) atoms. The molecule has 1 heterocycles. The lowest BCUT2D eigenvalue weighted by Crippen LogP contribution is -2.30. The number of nitrogens with zero attached hydrogens (tertiary/aromatic N) is 2. The van der Waals surface area contributed by atoms with Crippen LogP contribution in [-0.2, 0) is 7.05 Å². The van der Waals surface area contributed by atoms with Crippen molar-refractivity contribution in [1.82, 2.24) is 4.57 Å². The normalized spacial score (nSPS) is 20.8. The molecule has 1 aliphatic carbocycles. The smallest absolute Gasteiger partial charge is 0.240 e. The van der Waals surface area contributed by atoms with Crippen LogP contribution in [0.4, 0.5) is 0 Å². The van der Waals surface area contributed by atoms with Crippen molar-refractivity contribution in [1.29, 1.82) is 0 Å². The highest BCUT2D eigenvalue weighted by molar-refractivity contribution is 6.83. The van der Waals surface area contributed by atoms with Crippen molar-refractivity contribution in [2.75, 3.05) is 0 Å². The molecule has 1 aromatic heterocycles. The van der Waals surface area contributed by atoms with Crippen LogP contribution in [0.25, 0.3) is 0 Å². The van der Waals surface area contributed by atoms with E-state index >= 15 is 0 Å². The van der Waals surface area contributed by atoms with E-state index in [2.05, 4.69) is 72.8 Å². The van der Waals surface area contributed by atoms with Gasteiger partial charge in [-0.25, -0.2) is 9.13 Å². The molecule has 0 spiro atoms. The summed E-state index contributed by atoms with van der Waals surface area (Å²) in [5.74, 6) is 0. The summed E-state index contributed by atoms with van der Waals surface area (Å²) >= 11 is 0. The quantitative estimate of drug-likeness (QED) is 0.533. The number of allylic oxidation sites excluding steroid dienone is 4. The van der Waals surface area contributed by atoms with Crippen LogP contribution in [-0.4, -0.2) is 12.6 Å². The number of aromatic nitrogens is 2. The molecule has 3 heteroatoms. The van der Waals surface area contributed by atoms with Crippen LogP contribution in [0.5, 0.6) is 0 Å². The summed E-state index contributed by atoms with van der Waals surface area (Å²) in [7, 11) is 0.870. The van der Waals surface area contributed by atoms with Gasteiger partial charge in [0.15, 0.2) is 0 Å². The predicted octanol–water partition coefficient (Wildman–Crippen LogP) is 2.23. The molecule has 2 rings (SSSR count). The molecule has 0 radical (unpaired) electrons. The van der Waals surface area contributed by atoms with Crippen LogP contribution in [0.15, 0.2) is 42.1 Å². The standard InChI is InChI=1S/C12H19N2Si/c1-13-8-9-14(10-13)11-6-5-7-12(11)15(2,3)4/h5-11H,1-4H3/q+1. The van der Waals surface area contributed by atoms with Gasteiger partial charge in [0, 0.05) is 0 Å². The lowest BCUT2D eigenvalue weighted by Gasteiger charge is -2.22. The summed E-state index contributed by atoms with van der Waals surface area (Å²) < 4.78 is 4.38. The Bertz CT molecular complexity index is 421. The Balaban J connectivity index is 2.32. The third kappa shape index (κ3) is 1.97. The van der Waals surface area contributed by atoms with Crippen LogP contribution < -0.4 is 4.57 Å². The Kier molecular flexibility index (Phi) is 2.42. The first-order valence-electron chi connectivity index (χ1n) is 5.40. The SMILES string of the molecule is C[n+]1ccn(C2C=CC=C2[Si](C)(C)C)c1. The second-order valence-electron chi connectivity index (χ2n) is 5.23. The maximum Gasteiger partial charge on any atom is 0.244 e. The molecule has 0 fully saturated rings. The minimum absolute atomic E-state index is 0.456. The highest BCUT2D eigenvalue weighted by Gasteiger charge is 2.31. The molecule has 0 N–H and O–H groups in total. The van der Waals surface area contributed by atoms with Crippen LogP contribution in [0, 0.1) is 0 Å². The van der Waals surface area contributed by atoms with Crippen molar-refractivity contribution >= 4 is 8.07 Å². The number of hydrogen-bond donors (Lipinski definition) is 0. The van der Waals surface area contributed by atoms with Crippen molar-refractivity contribution in [3.63, 3.8) is 0 Å². The summed E-state index contributed by atoms with van der Waals surface area (Å²) in [5, 5.41) is 1.61. The highest BCUT2D eigenvalue weighted by Crippen LogP contribution is 2.31. The first-order valence-corrected chi connectivity index (χ1v) is 8.90. The molecular weight excluding hydrogens is 200 g/mol. The fraction of sp³-hybridized carbons (Fsp3) is 0.417. The Hall–Kier alpha value is -1.09. The second-order valence-corrected chi connectivity index (χ2v) is 10.3. The lowest BCUT2D eigenvalue weighted by molar-refractivity contribution is -0.671. The zero-order chi connectivity index (χ0) is 11.1. The van der Waals surface area contributed by atoms with Gasteiger partial charge >= 0.3 is 0 Å². The number of rotatable bonds is 2. The zero-order valence-electron chi connectivity index (χ0n) is 9.94. The molecule has 0 aliphatic heterocycles. The average molecular weight is 219 g/mol. The molecule has 0 bridgehead atoms. The molecule has 0 saturated heterocycles. The van der Waals surface area contributed by atoms with Crippen LogP contribution in [0.1, 0.15) is 6.04 Å².